The lowest BCUT2D eigenvalue weighted by atomic mass is 9.98. The highest BCUT2D eigenvalue weighted by Gasteiger charge is 2.50. The van der Waals surface area contributed by atoms with Gasteiger partial charge in [0.25, 0.3) is 0 Å². The maximum absolute atomic E-state index is 13.2. The van der Waals surface area contributed by atoms with E-state index in [1.807, 2.05) is 0 Å². The van der Waals surface area contributed by atoms with E-state index in [9.17, 15) is 34.5 Å². The monoisotopic (exact) mass is 1110 g/mol. The van der Waals surface area contributed by atoms with Crippen molar-refractivity contribution >= 4 is 23.9 Å². The molecule has 6 atom stereocenters. The van der Waals surface area contributed by atoms with Crippen molar-refractivity contribution in [3.63, 3.8) is 0 Å². The summed E-state index contributed by atoms with van der Waals surface area (Å²) in [5, 5.41) is 31.5. The smallest absolute Gasteiger partial charge is 0.335 e. The number of ether oxygens (including phenoxy) is 5. The number of allylic oxidation sites excluding steroid dienone is 16. The number of aliphatic hydroxyl groups is 2. The Morgan fingerprint density at radius 1 is 0.430 bits per heavy atom. The first-order valence-electron chi connectivity index (χ1n) is 31.2. The number of aliphatic carboxylic acids is 1. The van der Waals surface area contributed by atoms with Crippen LogP contribution in [0.4, 0.5) is 0 Å². The summed E-state index contributed by atoms with van der Waals surface area (Å²) in [6.45, 7) is 5.81. The van der Waals surface area contributed by atoms with Gasteiger partial charge in [-0.15, -0.1) is 0 Å². The average Bonchev–Trinajstić information content (AvgIpc) is 3.43. The molecule has 6 unspecified atom stereocenters. The second kappa shape index (κ2) is 54.2. The minimum atomic E-state index is -1.92. The molecule has 0 amide bonds. The van der Waals surface area contributed by atoms with Crippen molar-refractivity contribution in [1.29, 1.82) is 0 Å². The molecule has 0 aromatic heterocycles. The van der Waals surface area contributed by atoms with Crippen LogP contribution in [0.3, 0.4) is 0 Å². The zero-order chi connectivity index (χ0) is 57.5. The lowest BCUT2D eigenvalue weighted by Gasteiger charge is -2.40. The van der Waals surface area contributed by atoms with Crippen LogP contribution in [0.5, 0.6) is 0 Å². The second-order valence-electron chi connectivity index (χ2n) is 20.9. The van der Waals surface area contributed by atoms with Crippen molar-refractivity contribution in [1.82, 2.24) is 0 Å². The van der Waals surface area contributed by atoms with E-state index in [0.29, 0.717) is 25.7 Å². The van der Waals surface area contributed by atoms with Gasteiger partial charge < -0.3 is 39.0 Å². The van der Waals surface area contributed by atoms with Crippen molar-refractivity contribution in [3.05, 3.63) is 97.2 Å². The molecule has 0 bridgehead atoms. The SMILES string of the molecule is CC/C=C\C/C=C\C/C=C\C/C=C\CCCCC(=O)OC1C(OCC(COC(=O)CCCCCCCCC/C=C\C/C=C\CCCCC)OC(=O)CCCCCCCCC/C=C\C/C=C\CCCCC)OC(C(=O)O)C(O)C1O. The van der Waals surface area contributed by atoms with Crippen LogP contribution < -0.4 is 0 Å². The minimum Gasteiger partial charge on any atom is -0.479 e. The molecule has 0 aromatic rings. The number of aliphatic hydroxyl groups excluding tert-OH is 2. The first kappa shape index (κ1) is 72.7. The van der Waals surface area contributed by atoms with Gasteiger partial charge in [-0.2, -0.15) is 0 Å². The molecule has 1 heterocycles. The zero-order valence-electron chi connectivity index (χ0n) is 49.6. The molecular weight excluding hydrogens is 997 g/mol. The molecule has 0 radical (unpaired) electrons. The highest BCUT2D eigenvalue weighted by atomic mass is 16.7. The summed E-state index contributed by atoms with van der Waals surface area (Å²) in [4.78, 5) is 51.2. The largest absolute Gasteiger partial charge is 0.479 e. The van der Waals surface area contributed by atoms with Crippen LogP contribution in [0.1, 0.15) is 252 Å². The average molecular weight is 1110 g/mol. The number of hydrogen-bond acceptors (Lipinski definition) is 11. The molecule has 3 N–H and O–H groups in total. The maximum atomic E-state index is 13.2. The predicted molar refractivity (Wildman–Crippen MR) is 321 cm³/mol. The third-order valence-electron chi connectivity index (χ3n) is 13.6. The van der Waals surface area contributed by atoms with E-state index in [1.54, 1.807) is 0 Å². The molecule has 1 rings (SSSR count). The standard InChI is InChI=1S/C67H110O12/c1-4-7-10-13-16-19-22-25-28-30-33-35-38-41-44-47-50-53-59(68)75-56-58(77-60(69)54-51-48-45-42-39-37-34-31-29-26-23-20-17-14-11-8-5-2)57-76-67-65(63(72)62(71)64(79-67)66(73)74)78-61(70)55-52-49-46-43-40-36-32-27-24-21-18-15-12-9-6-3/h9,12,16-21,25-29,32,40,43,58,62-65,67,71-72H,4-8,10-11,13-15,22-24,30-31,33-39,41-42,44-57H2,1-3H3,(H,73,74)/b12-9-,19-16-,20-17-,21-18-,28-25-,29-26-,32-27-,43-40-. The molecule has 12 heteroatoms. The molecule has 0 aromatic carbocycles. The van der Waals surface area contributed by atoms with Gasteiger partial charge in [0.2, 0.25) is 0 Å². The summed E-state index contributed by atoms with van der Waals surface area (Å²) in [6, 6.07) is 0. The lowest BCUT2D eigenvalue weighted by molar-refractivity contribution is -0.301. The van der Waals surface area contributed by atoms with E-state index in [2.05, 4.69) is 118 Å². The van der Waals surface area contributed by atoms with Gasteiger partial charge in [-0.1, -0.05) is 208 Å². The van der Waals surface area contributed by atoms with E-state index in [4.69, 9.17) is 23.7 Å². The van der Waals surface area contributed by atoms with Crippen LogP contribution >= 0.6 is 0 Å². The van der Waals surface area contributed by atoms with Gasteiger partial charge in [0.1, 0.15) is 18.8 Å². The molecule has 79 heavy (non-hydrogen) atoms. The van der Waals surface area contributed by atoms with E-state index in [-0.39, 0.29) is 25.9 Å². The Labute approximate surface area is 479 Å². The Balaban J connectivity index is 2.71. The number of carboxylic acids is 1. The fraction of sp³-hybridized carbons (Fsp3) is 0.701. The maximum Gasteiger partial charge on any atom is 0.335 e. The molecule has 0 saturated carbocycles. The van der Waals surface area contributed by atoms with Gasteiger partial charge in [0.05, 0.1) is 6.61 Å². The first-order chi connectivity index (χ1) is 38.6. The Bertz CT molecular complexity index is 1740. The van der Waals surface area contributed by atoms with Crippen molar-refractivity contribution in [2.24, 2.45) is 0 Å². The van der Waals surface area contributed by atoms with Crippen molar-refractivity contribution in [2.45, 2.75) is 289 Å². The highest BCUT2D eigenvalue weighted by Crippen LogP contribution is 2.26. The lowest BCUT2D eigenvalue weighted by Crippen LogP contribution is -2.61. The summed E-state index contributed by atoms with van der Waals surface area (Å²) in [5.41, 5.74) is 0. The normalized spacial score (nSPS) is 18.5. The molecular formula is C67H110O12. The molecule has 1 saturated heterocycles. The second-order valence-corrected chi connectivity index (χ2v) is 20.9. The number of carbonyl (C=O) groups excluding carboxylic acids is 3. The van der Waals surface area contributed by atoms with Gasteiger partial charge in [0, 0.05) is 19.3 Å². The molecule has 1 aliphatic heterocycles. The summed E-state index contributed by atoms with van der Waals surface area (Å²) in [7, 11) is 0. The quantitative estimate of drug-likeness (QED) is 0.0228. The fourth-order valence-electron chi connectivity index (χ4n) is 8.83. The van der Waals surface area contributed by atoms with Crippen LogP contribution in [0, 0.1) is 0 Å². The van der Waals surface area contributed by atoms with Gasteiger partial charge in [-0.05, 0) is 122 Å². The third-order valence-corrected chi connectivity index (χ3v) is 13.6. The predicted octanol–water partition coefficient (Wildman–Crippen LogP) is 16.5. The molecule has 450 valence electrons. The molecule has 1 aliphatic rings. The number of hydrogen-bond donors (Lipinski definition) is 3. The van der Waals surface area contributed by atoms with Crippen LogP contribution in [0.25, 0.3) is 0 Å². The van der Waals surface area contributed by atoms with Gasteiger partial charge >= 0.3 is 23.9 Å². The summed E-state index contributed by atoms with van der Waals surface area (Å²) < 4.78 is 28.4. The van der Waals surface area contributed by atoms with Crippen LogP contribution in [-0.2, 0) is 42.9 Å². The number of carbonyl (C=O) groups is 4. The molecule has 1 fully saturated rings. The van der Waals surface area contributed by atoms with Crippen molar-refractivity contribution in [2.75, 3.05) is 13.2 Å². The summed E-state index contributed by atoms with van der Waals surface area (Å²) >= 11 is 0. The molecule has 12 nitrogen and oxygen atoms in total. The molecule has 0 spiro atoms. The Hall–Kier alpha value is -4.36. The van der Waals surface area contributed by atoms with Crippen LogP contribution in [0.2, 0.25) is 0 Å². The number of unbranched alkanes of at least 4 members (excludes halogenated alkanes) is 22. The van der Waals surface area contributed by atoms with E-state index in [0.717, 1.165) is 122 Å². The number of carboxylic acid groups (broad SMARTS) is 1. The summed E-state index contributed by atoms with van der Waals surface area (Å²) in [5.74, 6) is -3.20. The van der Waals surface area contributed by atoms with Gasteiger partial charge in [-0.3, -0.25) is 14.4 Å². The van der Waals surface area contributed by atoms with E-state index < -0.39 is 67.3 Å². The van der Waals surface area contributed by atoms with Crippen molar-refractivity contribution in [3.8, 4) is 0 Å². The van der Waals surface area contributed by atoms with Gasteiger partial charge in [-0.25, -0.2) is 4.79 Å². The summed E-state index contributed by atoms with van der Waals surface area (Å²) in [6.07, 6.45) is 59.4. The Morgan fingerprint density at radius 2 is 0.797 bits per heavy atom. The zero-order valence-corrected chi connectivity index (χ0v) is 49.6. The number of rotatable bonds is 52. The van der Waals surface area contributed by atoms with Gasteiger partial charge in [0.15, 0.2) is 24.6 Å². The Kier molecular flexibility index (Phi) is 49.9. The Morgan fingerprint density at radius 3 is 1.24 bits per heavy atom. The fourth-order valence-corrected chi connectivity index (χ4v) is 8.83. The van der Waals surface area contributed by atoms with Crippen molar-refractivity contribution < 1.29 is 58.2 Å². The minimum absolute atomic E-state index is 0.00283. The first-order valence-corrected chi connectivity index (χ1v) is 31.2. The van der Waals surface area contributed by atoms with Crippen LogP contribution in [-0.4, -0.2) is 89.2 Å². The highest BCUT2D eigenvalue weighted by molar-refractivity contribution is 5.74. The van der Waals surface area contributed by atoms with E-state index in [1.165, 1.54) is 64.2 Å². The van der Waals surface area contributed by atoms with E-state index >= 15 is 0 Å². The van der Waals surface area contributed by atoms with Crippen LogP contribution in [0.15, 0.2) is 97.2 Å². The topological polar surface area (TPSA) is 175 Å². The molecule has 0 aliphatic carbocycles. The number of esters is 3. The third kappa shape index (κ3) is 44.0.